The van der Waals surface area contributed by atoms with E-state index in [2.05, 4.69) is 9.97 Å². The summed E-state index contributed by atoms with van der Waals surface area (Å²) in [7, 11) is 1.79. The van der Waals surface area contributed by atoms with Crippen molar-refractivity contribution >= 4 is 27.6 Å². The summed E-state index contributed by atoms with van der Waals surface area (Å²) in [4.78, 5) is 33.7. The molecule has 0 saturated heterocycles. The molecule has 5 nitrogen and oxygen atoms in total. The van der Waals surface area contributed by atoms with Crippen LogP contribution in [0.3, 0.4) is 0 Å². The summed E-state index contributed by atoms with van der Waals surface area (Å²) in [5.41, 5.74) is 4.04. The zero-order valence-electron chi connectivity index (χ0n) is 16.9. The topological polar surface area (TPSA) is 69.0 Å². The maximum absolute atomic E-state index is 13.8. The number of pyridine rings is 1. The second kappa shape index (κ2) is 6.83. The van der Waals surface area contributed by atoms with Crippen molar-refractivity contribution in [3.8, 4) is 0 Å². The smallest absolute Gasteiger partial charge is 0.270 e. The molecule has 2 aromatic heterocycles. The van der Waals surface area contributed by atoms with E-state index in [0.717, 1.165) is 47.0 Å². The SMILES string of the molecule is Cc1cccc2[nH]c(C(=O)N(C)C3CCCc4[nH]c(=O)c5cc(F)ccc5c43)cc12. The lowest BCUT2D eigenvalue weighted by atomic mass is 9.86. The average molecular weight is 403 g/mol. The van der Waals surface area contributed by atoms with Crippen LogP contribution >= 0.6 is 0 Å². The van der Waals surface area contributed by atoms with Gasteiger partial charge in [-0.25, -0.2) is 4.39 Å². The number of nitrogens with zero attached hydrogens (tertiary/aromatic N) is 1. The van der Waals surface area contributed by atoms with Crippen LogP contribution in [0.2, 0.25) is 0 Å². The number of aryl methyl sites for hydroxylation is 2. The number of benzene rings is 2. The standard InChI is InChI=1S/C24H22FN3O2/c1-13-5-3-6-18-16(13)12-20(26-18)24(30)28(2)21-8-4-7-19-22(21)15-10-9-14(25)11-17(15)23(29)27-19/h3,5-6,9-12,21,26H,4,7-8H2,1-2H3,(H,27,29). The molecule has 152 valence electrons. The fraction of sp³-hybridized carbons (Fsp3) is 0.250. The molecule has 2 aromatic carbocycles. The van der Waals surface area contributed by atoms with Crippen molar-refractivity contribution in [2.75, 3.05) is 7.05 Å². The van der Waals surface area contributed by atoms with Crippen LogP contribution in [0.5, 0.6) is 0 Å². The van der Waals surface area contributed by atoms with Crippen LogP contribution in [0.1, 0.15) is 46.2 Å². The van der Waals surface area contributed by atoms with Gasteiger partial charge in [0.15, 0.2) is 0 Å². The Bertz CT molecular complexity index is 1370. The van der Waals surface area contributed by atoms with Gasteiger partial charge in [0.1, 0.15) is 11.5 Å². The molecule has 1 aliphatic carbocycles. The summed E-state index contributed by atoms with van der Waals surface area (Å²) in [6.45, 7) is 2.02. The quantitative estimate of drug-likeness (QED) is 0.513. The van der Waals surface area contributed by atoms with E-state index < -0.39 is 5.82 Å². The van der Waals surface area contributed by atoms with Gasteiger partial charge in [-0.15, -0.1) is 0 Å². The van der Waals surface area contributed by atoms with Gasteiger partial charge >= 0.3 is 0 Å². The van der Waals surface area contributed by atoms with Gasteiger partial charge in [0, 0.05) is 29.2 Å². The maximum Gasteiger partial charge on any atom is 0.270 e. The summed E-state index contributed by atoms with van der Waals surface area (Å²) >= 11 is 0. The average Bonchev–Trinajstić information content (AvgIpc) is 3.18. The van der Waals surface area contributed by atoms with Gasteiger partial charge in [0.05, 0.1) is 11.4 Å². The van der Waals surface area contributed by atoms with Crippen molar-refractivity contribution in [3.05, 3.63) is 81.2 Å². The molecule has 1 atom stereocenters. The van der Waals surface area contributed by atoms with E-state index in [1.54, 1.807) is 18.0 Å². The van der Waals surface area contributed by atoms with E-state index in [9.17, 15) is 14.0 Å². The Morgan fingerprint density at radius 2 is 1.93 bits per heavy atom. The Labute approximate surface area is 172 Å². The molecule has 6 heteroatoms. The van der Waals surface area contributed by atoms with Gasteiger partial charge in [-0.2, -0.15) is 0 Å². The highest BCUT2D eigenvalue weighted by molar-refractivity contribution is 5.99. The molecule has 0 radical (unpaired) electrons. The molecule has 2 heterocycles. The first-order valence-corrected chi connectivity index (χ1v) is 10.1. The number of carbonyl (C=O) groups is 1. The van der Waals surface area contributed by atoms with Crippen LogP contribution in [0.15, 0.2) is 47.3 Å². The fourth-order valence-electron chi connectivity index (χ4n) is 4.71. The number of hydrogen-bond acceptors (Lipinski definition) is 2. The summed E-state index contributed by atoms with van der Waals surface area (Å²) in [5.74, 6) is -0.553. The predicted molar refractivity (Wildman–Crippen MR) is 115 cm³/mol. The number of aromatic nitrogens is 2. The second-order valence-electron chi connectivity index (χ2n) is 8.08. The lowest BCUT2D eigenvalue weighted by Gasteiger charge is -2.33. The molecule has 2 N–H and O–H groups in total. The minimum absolute atomic E-state index is 0.107. The Hall–Kier alpha value is -3.41. The molecular weight excluding hydrogens is 381 g/mol. The molecule has 5 rings (SSSR count). The minimum atomic E-state index is -0.446. The van der Waals surface area contributed by atoms with E-state index in [1.165, 1.54) is 12.1 Å². The van der Waals surface area contributed by atoms with Crippen LogP contribution in [0, 0.1) is 12.7 Å². The first-order valence-electron chi connectivity index (χ1n) is 10.1. The fourth-order valence-corrected chi connectivity index (χ4v) is 4.71. The van der Waals surface area contributed by atoms with Crippen LogP contribution in [-0.4, -0.2) is 27.8 Å². The lowest BCUT2D eigenvalue weighted by molar-refractivity contribution is 0.0711. The van der Waals surface area contributed by atoms with Crippen molar-refractivity contribution in [3.63, 3.8) is 0 Å². The molecule has 0 saturated carbocycles. The first kappa shape index (κ1) is 18.6. The van der Waals surface area contributed by atoms with Gasteiger partial charge in [-0.1, -0.05) is 18.2 Å². The summed E-state index contributed by atoms with van der Waals surface area (Å²) < 4.78 is 13.8. The van der Waals surface area contributed by atoms with E-state index in [-0.39, 0.29) is 17.5 Å². The number of fused-ring (bicyclic) bond motifs is 4. The maximum atomic E-state index is 13.8. The summed E-state index contributed by atoms with van der Waals surface area (Å²) in [6, 6.07) is 11.9. The number of aromatic amines is 2. The van der Waals surface area contributed by atoms with E-state index in [1.807, 2.05) is 31.2 Å². The van der Waals surface area contributed by atoms with E-state index in [0.29, 0.717) is 16.5 Å². The molecule has 0 spiro atoms. The number of rotatable bonds is 2. The van der Waals surface area contributed by atoms with Gasteiger partial charge in [0.2, 0.25) is 0 Å². The van der Waals surface area contributed by atoms with Gasteiger partial charge < -0.3 is 14.9 Å². The third-order valence-corrected chi connectivity index (χ3v) is 6.24. The predicted octanol–water partition coefficient (Wildman–Crippen LogP) is 4.61. The van der Waals surface area contributed by atoms with E-state index in [4.69, 9.17) is 0 Å². The van der Waals surface area contributed by atoms with Crippen molar-refractivity contribution in [2.45, 2.75) is 32.2 Å². The molecule has 30 heavy (non-hydrogen) atoms. The summed E-state index contributed by atoms with van der Waals surface area (Å²) in [6.07, 6.45) is 2.39. The van der Waals surface area contributed by atoms with Crippen molar-refractivity contribution in [2.24, 2.45) is 0 Å². The Kier molecular flexibility index (Phi) is 4.24. The number of H-pyrrole nitrogens is 2. The van der Waals surface area contributed by atoms with Gasteiger partial charge in [0.25, 0.3) is 11.5 Å². The third kappa shape index (κ3) is 2.83. The number of nitrogens with one attached hydrogen (secondary N) is 2. The molecular formula is C24H22FN3O2. The Balaban J connectivity index is 1.60. The van der Waals surface area contributed by atoms with Crippen molar-refractivity contribution in [1.29, 1.82) is 0 Å². The largest absolute Gasteiger partial charge is 0.351 e. The highest BCUT2D eigenvalue weighted by Crippen LogP contribution is 2.37. The molecule has 1 aliphatic rings. The van der Waals surface area contributed by atoms with Crippen molar-refractivity contribution in [1.82, 2.24) is 14.9 Å². The third-order valence-electron chi connectivity index (χ3n) is 6.24. The van der Waals surface area contributed by atoms with Crippen LogP contribution in [0.25, 0.3) is 21.7 Å². The highest BCUT2D eigenvalue weighted by atomic mass is 19.1. The van der Waals surface area contributed by atoms with Gasteiger partial charge in [-0.3, -0.25) is 9.59 Å². The van der Waals surface area contributed by atoms with Crippen LogP contribution < -0.4 is 5.56 Å². The number of hydrogen-bond donors (Lipinski definition) is 2. The van der Waals surface area contributed by atoms with Gasteiger partial charge in [-0.05, 0) is 61.4 Å². The first-order chi connectivity index (χ1) is 14.4. The van der Waals surface area contributed by atoms with E-state index >= 15 is 0 Å². The number of carbonyl (C=O) groups excluding carboxylic acids is 1. The monoisotopic (exact) mass is 403 g/mol. The zero-order valence-corrected chi connectivity index (χ0v) is 16.9. The van der Waals surface area contributed by atoms with Crippen LogP contribution in [-0.2, 0) is 6.42 Å². The lowest BCUT2D eigenvalue weighted by Crippen LogP contribution is -2.34. The molecule has 0 aliphatic heterocycles. The molecule has 0 bridgehead atoms. The summed E-state index contributed by atoms with van der Waals surface area (Å²) in [5, 5.41) is 2.07. The normalized spacial score (nSPS) is 16.0. The highest BCUT2D eigenvalue weighted by Gasteiger charge is 2.30. The molecule has 0 fully saturated rings. The Morgan fingerprint density at radius 3 is 2.73 bits per heavy atom. The van der Waals surface area contributed by atoms with Crippen molar-refractivity contribution < 1.29 is 9.18 Å². The molecule has 1 amide bonds. The molecule has 4 aromatic rings. The minimum Gasteiger partial charge on any atom is -0.351 e. The second-order valence-corrected chi connectivity index (χ2v) is 8.08. The zero-order chi connectivity index (χ0) is 21.0. The van der Waals surface area contributed by atoms with Crippen LogP contribution in [0.4, 0.5) is 4.39 Å². The number of amides is 1. The Morgan fingerprint density at radius 1 is 1.10 bits per heavy atom. The number of halogens is 1. The molecule has 1 unspecified atom stereocenters.